The number of anilines is 1. The van der Waals surface area contributed by atoms with Gasteiger partial charge in [-0.15, -0.1) is 10.2 Å². The molecule has 2 aliphatic rings. The van der Waals surface area contributed by atoms with E-state index in [1.165, 1.54) is 35.0 Å². The molecular weight excluding hydrogens is 527 g/mol. The van der Waals surface area contributed by atoms with E-state index in [0.717, 1.165) is 55.8 Å². The van der Waals surface area contributed by atoms with Crippen molar-refractivity contribution in [1.29, 1.82) is 0 Å². The van der Waals surface area contributed by atoms with Crippen LogP contribution in [0.25, 0.3) is 10.2 Å². The Kier molecular flexibility index (Phi) is 6.05. The van der Waals surface area contributed by atoms with Gasteiger partial charge in [0.05, 0.1) is 21.5 Å². The monoisotopic (exact) mass is 544 g/mol. The minimum atomic E-state index is -2.34. The number of esters is 1. The minimum Gasteiger partial charge on any atom is -0.416 e. The summed E-state index contributed by atoms with van der Waals surface area (Å²) >= 11 is 1.11. The molecule has 194 valence electrons. The highest BCUT2D eigenvalue weighted by atomic mass is 32.1. The van der Waals surface area contributed by atoms with Crippen molar-refractivity contribution in [1.82, 2.24) is 4.98 Å². The number of thiazole rings is 1. The molecule has 0 bridgehead atoms. The van der Waals surface area contributed by atoms with Crippen molar-refractivity contribution < 1.29 is 31.5 Å². The lowest BCUT2D eigenvalue weighted by molar-refractivity contribution is 0.0716. The first-order valence-electron chi connectivity index (χ1n) is 11.8. The van der Waals surface area contributed by atoms with Crippen LogP contribution in [0.1, 0.15) is 34.3 Å². The fourth-order valence-electron chi connectivity index (χ4n) is 4.85. The third-order valence-corrected chi connectivity index (χ3v) is 7.45. The zero-order chi connectivity index (χ0) is 26.6. The lowest BCUT2D eigenvalue weighted by Gasteiger charge is -2.36. The van der Waals surface area contributed by atoms with Gasteiger partial charge in [0.2, 0.25) is 40.0 Å². The minimum absolute atomic E-state index is 0.174. The number of carbonyl (C=O) groups excluding carboxylic acids is 1. The van der Waals surface area contributed by atoms with Gasteiger partial charge in [0, 0.05) is 18.8 Å². The van der Waals surface area contributed by atoms with Gasteiger partial charge in [-0.25, -0.2) is 22.9 Å². The molecule has 2 aliphatic heterocycles. The zero-order valence-corrected chi connectivity index (χ0v) is 20.3. The van der Waals surface area contributed by atoms with Gasteiger partial charge in [0.25, 0.3) is 0 Å². The maximum Gasteiger partial charge on any atom is 0.343 e. The van der Waals surface area contributed by atoms with Crippen LogP contribution in [-0.2, 0) is 12.8 Å². The van der Waals surface area contributed by atoms with Gasteiger partial charge in [-0.1, -0.05) is 11.3 Å². The summed E-state index contributed by atoms with van der Waals surface area (Å²) in [6, 6.07) is 8.13. The van der Waals surface area contributed by atoms with E-state index in [9.17, 15) is 26.7 Å². The van der Waals surface area contributed by atoms with E-state index in [1.807, 2.05) is 12.1 Å². The standard InChI is InChI=1S/C26H17F5N4O2S/c27-18-19(28)21(30)24(22(31)20(18)29)37-25(36)14-5-6-16-17(11-14)38-26(32-16)34-33-15-9-12-3-1-7-35-8-2-4-13(10-15)23(12)35/h5-6,9-11H,1-4,7-8H2/b34-33+. The Labute approximate surface area is 216 Å². The number of halogens is 5. The van der Waals surface area contributed by atoms with Crippen LogP contribution in [0.15, 0.2) is 40.6 Å². The van der Waals surface area contributed by atoms with Crippen LogP contribution in [0.5, 0.6) is 5.75 Å². The Morgan fingerprint density at radius 1 is 0.868 bits per heavy atom. The van der Waals surface area contributed by atoms with Gasteiger partial charge in [0.15, 0.2) is 0 Å². The van der Waals surface area contributed by atoms with Crippen molar-refractivity contribution in [2.24, 2.45) is 10.2 Å². The van der Waals surface area contributed by atoms with E-state index in [1.54, 1.807) is 0 Å². The fourth-order valence-corrected chi connectivity index (χ4v) is 5.68. The Morgan fingerprint density at radius 3 is 2.16 bits per heavy atom. The number of aromatic nitrogens is 1. The number of fused-ring (bicyclic) bond motifs is 1. The summed E-state index contributed by atoms with van der Waals surface area (Å²) < 4.78 is 72.9. The van der Waals surface area contributed by atoms with Crippen molar-refractivity contribution in [2.75, 3.05) is 18.0 Å². The summed E-state index contributed by atoms with van der Waals surface area (Å²) in [5.74, 6) is -14.2. The number of rotatable bonds is 4. The molecule has 0 aliphatic carbocycles. The number of aryl methyl sites for hydroxylation is 2. The van der Waals surface area contributed by atoms with E-state index in [2.05, 4.69) is 24.8 Å². The van der Waals surface area contributed by atoms with Crippen molar-refractivity contribution in [3.8, 4) is 5.75 Å². The second-order valence-electron chi connectivity index (χ2n) is 8.97. The second kappa shape index (κ2) is 9.43. The van der Waals surface area contributed by atoms with E-state index >= 15 is 0 Å². The molecule has 0 saturated carbocycles. The molecule has 12 heteroatoms. The summed E-state index contributed by atoms with van der Waals surface area (Å²) in [7, 11) is 0. The van der Waals surface area contributed by atoms with E-state index < -0.39 is 40.8 Å². The predicted octanol–water partition coefficient (Wildman–Crippen LogP) is 7.33. The summed E-state index contributed by atoms with van der Waals surface area (Å²) in [6.45, 7) is 2.15. The molecule has 3 heterocycles. The summed E-state index contributed by atoms with van der Waals surface area (Å²) in [6.07, 6.45) is 4.18. The molecule has 0 unspecified atom stereocenters. The van der Waals surface area contributed by atoms with Gasteiger partial charge in [-0.2, -0.15) is 8.78 Å². The van der Waals surface area contributed by atoms with Crippen LogP contribution >= 0.6 is 11.3 Å². The zero-order valence-electron chi connectivity index (χ0n) is 19.5. The molecule has 38 heavy (non-hydrogen) atoms. The molecule has 6 rings (SSSR count). The normalized spacial score (nSPS) is 14.8. The Balaban J connectivity index is 1.25. The number of carbonyl (C=O) groups is 1. The third-order valence-electron chi connectivity index (χ3n) is 6.55. The molecule has 3 aromatic carbocycles. The lowest BCUT2D eigenvalue weighted by Crippen LogP contribution is -2.34. The van der Waals surface area contributed by atoms with Crippen LogP contribution in [0.3, 0.4) is 0 Å². The highest BCUT2D eigenvalue weighted by Crippen LogP contribution is 2.39. The Bertz CT molecular complexity index is 1590. The van der Waals surface area contributed by atoms with Crippen LogP contribution in [0.2, 0.25) is 0 Å². The molecule has 0 atom stereocenters. The second-order valence-corrected chi connectivity index (χ2v) is 9.98. The molecule has 4 aromatic rings. The number of hydrogen-bond acceptors (Lipinski definition) is 7. The van der Waals surface area contributed by atoms with Crippen molar-refractivity contribution in [2.45, 2.75) is 25.7 Å². The van der Waals surface area contributed by atoms with Gasteiger partial charge in [-0.05, 0) is 67.1 Å². The molecule has 0 amide bonds. The smallest absolute Gasteiger partial charge is 0.343 e. The first kappa shape index (κ1) is 24.4. The van der Waals surface area contributed by atoms with Gasteiger partial charge >= 0.3 is 5.97 Å². The van der Waals surface area contributed by atoms with E-state index in [-0.39, 0.29) is 5.56 Å². The number of azo groups is 1. The predicted molar refractivity (Wildman–Crippen MR) is 130 cm³/mol. The Hall–Kier alpha value is -3.93. The molecule has 0 spiro atoms. The molecule has 0 fully saturated rings. The Morgan fingerprint density at radius 2 is 1.50 bits per heavy atom. The number of benzene rings is 3. The topological polar surface area (TPSA) is 67.1 Å². The third kappa shape index (κ3) is 4.18. The van der Waals surface area contributed by atoms with Gasteiger partial charge in [0.1, 0.15) is 0 Å². The summed E-state index contributed by atoms with van der Waals surface area (Å²) in [5.41, 5.74) is 4.90. The van der Waals surface area contributed by atoms with Crippen LogP contribution in [0.4, 0.5) is 38.5 Å². The first-order valence-corrected chi connectivity index (χ1v) is 12.6. The fraction of sp³-hybridized carbons (Fsp3) is 0.231. The molecule has 6 nitrogen and oxygen atoms in total. The average molecular weight is 545 g/mol. The average Bonchev–Trinajstić information content (AvgIpc) is 3.34. The summed E-state index contributed by atoms with van der Waals surface area (Å²) in [4.78, 5) is 19.2. The van der Waals surface area contributed by atoms with Crippen molar-refractivity contribution in [3.05, 3.63) is 76.1 Å². The van der Waals surface area contributed by atoms with Crippen LogP contribution < -0.4 is 9.64 Å². The molecule has 0 radical (unpaired) electrons. The van der Waals surface area contributed by atoms with Gasteiger partial charge in [-0.3, -0.25) is 0 Å². The lowest BCUT2D eigenvalue weighted by atomic mass is 9.91. The number of ether oxygens (including phenoxy) is 1. The molecule has 0 saturated heterocycles. The van der Waals surface area contributed by atoms with Crippen molar-refractivity contribution in [3.63, 3.8) is 0 Å². The number of hydrogen-bond donors (Lipinski definition) is 0. The van der Waals surface area contributed by atoms with Crippen LogP contribution in [0, 0.1) is 29.1 Å². The highest BCUT2D eigenvalue weighted by molar-refractivity contribution is 7.21. The van der Waals surface area contributed by atoms with Gasteiger partial charge < -0.3 is 9.64 Å². The van der Waals surface area contributed by atoms with E-state index in [0.29, 0.717) is 15.3 Å². The van der Waals surface area contributed by atoms with Crippen LogP contribution in [-0.4, -0.2) is 24.0 Å². The number of nitrogens with zero attached hydrogens (tertiary/aromatic N) is 4. The quantitative estimate of drug-likeness (QED) is 0.0674. The highest BCUT2D eigenvalue weighted by Gasteiger charge is 2.29. The van der Waals surface area contributed by atoms with E-state index in [4.69, 9.17) is 0 Å². The molecule has 1 aromatic heterocycles. The largest absolute Gasteiger partial charge is 0.416 e. The molecule has 0 N–H and O–H groups in total. The molecular formula is C26H17F5N4O2S. The maximum atomic E-state index is 13.9. The SMILES string of the molecule is O=C(Oc1c(F)c(F)c(F)c(F)c1F)c1ccc2nc(/N=N/c3cc4c5c(c3)CCCN5CCC4)sc2c1. The first-order chi connectivity index (χ1) is 18.3. The summed E-state index contributed by atoms with van der Waals surface area (Å²) in [5, 5.41) is 8.94. The maximum absolute atomic E-state index is 13.9. The van der Waals surface area contributed by atoms with Crippen molar-refractivity contribution >= 4 is 44.0 Å².